The van der Waals surface area contributed by atoms with Gasteiger partial charge in [-0.05, 0) is 46.5 Å². The summed E-state index contributed by atoms with van der Waals surface area (Å²) in [6.45, 7) is 2.39. The molecule has 1 N–H and O–H groups in total. The lowest BCUT2D eigenvalue weighted by Gasteiger charge is -2.33. The summed E-state index contributed by atoms with van der Waals surface area (Å²) in [7, 11) is 4.03. The van der Waals surface area contributed by atoms with Gasteiger partial charge >= 0.3 is 12.0 Å². The molecule has 4 rings (SSSR count). The van der Waals surface area contributed by atoms with E-state index >= 15 is 0 Å². The number of amides is 2. The van der Waals surface area contributed by atoms with E-state index in [1.54, 1.807) is 28.3 Å². The molecular formula is C28H30N4O4. The molecule has 0 aliphatic carbocycles. The molecule has 1 aromatic heterocycles. The lowest BCUT2D eigenvalue weighted by Crippen LogP contribution is -2.48. The van der Waals surface area contributed by atoms with Crippen molar-refractivity contribution in [1.82, 2.24) is 9.88 Å². The third kappa shape index (κ3) is 6.28. The van der Waals surface area contributed by atoms with Crippen molar-refractivity contribution in [2.45, 2.75) is 6.54 Å². The number of hydrogen-bond donors (Lipinski definition) is 1. The number of aliphatic carboxylic acids is 1. The van der Waals surface area contributed by atoms with Gasteiger partial charge in [0.1, 0.15) is 0 Å². The molecule has 186 valence electrons. The van der Waals surface area contributed by atoms with E-state index in [1.165, 1.54) is 6.08 Å². The van der Waals surface area contributed by atoms with E-state index in [0.29, 0.717) is 44.1 Å². The highest BCUT2D eigenvalue weighted by Gasteiger charge is 2.25. The number of anilines is 2. The van der Waals surface area contributed by atoms with Gasteiger partial charge in [-0.15, -0.1) is 0 Å². The second-order valence-corrected chi connectivity index (χ2v) is 8.75. The molecule has 2 heterocycles. The Labute approximate surface area is 211 Å². The molecule has 1 aliphatic rings. The fourth-order valence-electron chi connectivity index (χ4n) is 3.98. The number of aromatic nitrogens is 1. The molecule has 0 spiro atoms. The third-order valence-electron chi connectivity index (χ3n) is 6.00. The van der Waals surface area contributed by atoms with Crippen molar-refractivity contribution in [2.24, 2.45) is 0 Å². The average Bonchev–Trinajstić information content (AvgIpc) is 2.91. The Morgan fingerprint density at radius 3 is 2.22 bits per heavy atom. The van der Waals surface area contributed by atoms with Gasteiger partial charge in [-0.25, -0.2) is 9.59 Å². The normalized spacial score (nSPS) is 13.6. The van der Waals surface area contributed by atoms with Crippen molar-refractivity contribution >= 4 is 29.5 Å². The van der Waals surface area contributed by atoms with E-state index < -0.39 is 5.97 Å². The maximum Gasteiger partial charge on any atom is 0.328 e. The topological polar surface area (TPSA) is 86.2 Å². The number of carboxylic acids is 1. The maximum absolute atomic E-state index is 13.5. The Bertz CT molecular complexity index is 1220. The lowest BCUT2D eigenvalue weighted by atomic mass is 10.0. The second-order valence-electron chi connectivity index (χ2n) is 8.75. The van der Waals surface area contributed by atoms with Crippen LogP contribution in [0.3, 0.4) is 0 Å². The van der Waals surface area contributed by atoms with E-state index in [0.717, 1.165) is 28.5 Å². The fraction of sp³-hybridized carbons (Fsp3) is 0.250. The average molecular weight is 487 g/mol. The molecule has 3 aromatic rings. The third-order valence-corrected chi connectivity index (χ3v) is 6.00. The number of ether oxygens (including phenoxy) is 1. The molecule has 2 amide bonds. The summed E-state index contributed by atoms with van der Waals surface area (Å²) in [4.78, 5) is 34.2. The van der Waals surface area contributed by atoms with Crippen LogP contribution in [0, 0.1) is 0 Å². The van der Waals surface area contributed by atoms with Crippen LogP contribution in [0.4, 0.5) is 16.2 Å². The number of rotatable bonds is 7. The van der Waals surface area contributed by atoms with E-state index in [2.05, 4.69) is 46.3 Å². The van der Waals surface area contributed by atoms with Gasteiger partial charge in [0.2, 0.25) is 0 Å². The van der Waals surface area contributed by atoms with Crippen LogP contribution >= 0.6 is 0 Å². The Balaban J connectivity index is 1.58. The molecule has 0 bridgehead atoms. The van der Waals surface area contributed by atoms with Crippen LogP contribution in [0.2, 0.25) is 0 Å². The SMILES string of the molecule is CN(C)c1ccc(-c2ccc(CN(C(=O)N3CCOCC3)c3cncc(C=CC(=O)O)c3)cc2)cc1. The number of carboxylic acid groups (broad SMARTS) is 1. The van der Waals surface area contributed by atoms with E-state index in [1.807, 2.05) is 26.2 Å². The second kappa shape index (κ2) is 11.5. The summed E-state index contributed by atoms with van der Waals surface area (Å²) in [6, 6.07) is 18.2. The van der Waals surface area contributed by atoms with Crippen LogP contribution in [0.5, 0.6) is 0 Å². The Hall–Kier alpha value is -4.17. The monoisotopic (exact) mass is 486 g/mol. The molecule has 1 aliphatic heterocycles. The predicted octanol–water partition coefficient (Wildman–Crippen LogP) is 4.37. The van der Waals surface area contributed by atoms with Gasteiger partial charge in [0.25, 0.3) is 0 Å². The summed E-state index contributed by atoms with van der Waals surface area (Å²) >= 11 is 0. The summed E-state index contributed by atoms with van der Waals surface area (Å²) in [5.74, 6) is -1.04. The van der Waals surface area contributed by atoms with Gasteiger partial charge in [0.15, 0.2) is 0 Å². The lowest BCUT2D eigenvalue weighted by molar-refractivity contribution is -0.131. The quantitative estimate of drug-likeness (QED) is 0.499. The van der Waals surface area contributed by atoms with Gasteiger partial charge < -0.3 is 19.6 Å². The zero-order valence-corrected chi connectivity index (χ0v) is 20.5. The zero-order chi connectivity index (χ0) is 25.5. The van der Waals surface area contributed by atoms with Gasteiger partial charge in [-0.2, -0.15) is 0 Å². The minimum Gasteiger partial charge on any atom is -0.478 e. The molecule has 0 radical (unpaired) electrons. The first-order chi connectivity index (χ1) is 17.4. The first-order valence-corrected chi connectivity index (χ1v) is 11.8. The van der Waals surface area contributed by atoms with Crippen LogP contribution in [-0.4, -0.2) is 67.4 Å². The number of urea groups is 1. The molecule has 1 fully saturated rings. The molecule has 1 saturated heterocycles. The van der Waals surface area contributed by atoms with E-state index in [4.69, 9.17) is 9.84 Å². The van der Waals surface area contributed by atoms with Gasteiger partial charge in [-0.3, -0.25) is 9.88 Å². The Morgan fingerprint density at radius 2 is 1.61 bits per heavy atom. The van der Waals surface area contributed by atoms with Crippen LogP contribution in [0.1, 0.15) is 11.1 Å². The van der Waals surface area contributed by atoms with Crippen molar-refractivity contribution < 1.29 is 19.4 Å². The van der Waals surface area contributed by atoms with Gasteiger partial charge in [-0.1, -0.05) is 36.4 Å². The van der Waals surface area contributed by atoms with Crippen LogP contribution < -0.4 is 9.80 Å². The highest BCUT2D eigenvalue weighted by atomic mass is 16.5. The summed E-state index contributed by atoms with van der Waals surface area (Å²) in [5.41, 5.74) is 5.53. The van der Waals surface area contributed by atoms with E-state index in [-0.39, 0.29) is 6.03 Å². The fourth-order valence-corrected chi connectivity index (χ4v) is 3.98. The van der Waals surface area contributed by atoms with E-state index in [9.17, 15) is 9.59 Å². The molecule has 8 nitrogen and oxygen atoms in total. The number of morpholine rings is 1. The van der Waals surface area contributed by atoms with Crippen molar-refractivity contribution in [3.05, 3.63) is 84.2 Å². The molecule has 0 atom stereocenters. The van der Waals surface area contributed by atoms with Crippen molar-refractivity contribution in [3.63, 3.8) is 0 Å². The zero-order valence-electron chi connectivity index (χ0n) is 20.5. The van der Waals surface area contributed by atoms with Crippen LogP contribution in [-0.2, 0) is 16.1 Å². The largest absolute Gasteiger partial charge is 0.478 e. The molecule has 0 unspecified atom stereocenters. The molecule has 0 saturated carbocycles. The first kappa shape index (κ1) is 24.9. The minimum absolute atomic E-state index is 0.136. The number of pyridine rings is 1. The Kier molecular flexibility index (Phi) is 7.97. The van der Waals surface area contributed by atoms with Crippen molar-refractivity contribution in [1.29, 1.82) is 0 Å². The minimum atomic E-state index is -1.04. The van der Waals surface area contributed by atoms with Crippen LogP contribution in [0.25, 0.3) is 17.2 Å². The van der Waals surface area contributed by atoms with Gasteiger partial charge in [0.05, 0.1) is 31.6 Å². The summed E-state index contributed by atoms with van der Waals surface area (Å²) < 4.78 is 5.41. The summed E-state index contributed by atoms with van der Waals surface area (Å²) in [5, 5.41) is 8.96. The highest BCUT2D eigenvalue weighted by molar-refractivity contribution is 5.92. The first-order valence-electron chi connectivity index (χ1n) is 11.8. The number of hydrogen-bond acceptors (Lipinski definition) is 5. The smallest absolute Gasteiger partial charge is 0.328 e. The number of benzene rings is 2. The highest BCUT2D eigenvalue weighted by Crippen LogP contribution is 2.25. The number of carbonyl (C=O) groups excluding carboxylic acids is 1. The van der Waals surface area contributed by atoms with Crippen molar-refractivity contribution in [2.75, 3.05) is 50.2 Å². The number of carbonyl (C=O) groups is 2. The molecule has 8 heteroatoms. The Morgan fingerprint density at radius 1 is 0.972 bits per heavy atom. The maximum atomic E-state index is 13.5. The molecular weight excluding hydrogens is 456 g/mol. The van der Waals surface area contributed by atoms with Crippen molar-refractivity contribution in [3.8, 4) is 11.1 Å². The van der Waals surface area contributed by atoms with Crippen LogP contribution in [0.15, 0.2) is 73.1 Å². The number of nitrogens with zero attached hydrogens (tertiary/aromatic N) is 4. The predicted molar refractivity (Wildman–Crippen MR) is 141 cm³/mol. The molecule has 36 heavy (non-hydrogen) atoms. The summed E-state index contributed by atoms with van der Waals surface area (Å²) in [6.07, 6.45) is 5.71. The van der Waals surface area contributed by atoms with Gasteiger partial charge in [0, 0.05) is 45.1 Å². The molecule has 2 aromatic carbocycles. The standard InChI is InChI=1S/C28H30N4O4/c1-30(2)25-10-8-24(9-11-25)23-6-3-21(4-7-23)20-32(28(35)31-13-15-36-16-14-31)26-17-22(18-29-19-26)5-12-27(33)34/h3-12,17-19H,13-16,20H2,1-2H3,(H,33,34).